The van der Waals surface area contributed by atoms with E-state index < -0.39 is 0 Å². The van der Waals surface area contributed by atoms with Crippen LogP contribution in [0.25, 0.3) is 0 Å². The van der Waals surface area contributed by atoms with Gasteiger partial charge in [0.2, 0.25) is 0 Å². The first-order valence-corrected chi connectivity index (χ1v) is 8.22. The molecule has 1 aliphatic heterocycles. The predicted octanol–water partition coefficient (Wildman–Crippen LogP) is 3.11. The SMILES string of the molecule is COC(=O)c1cccc2c1CC(C1CCCCCN1)CC2. The molecule has 2 aliphatic rings. The molecule has 1 heterocycles. The van der Waals surface area contributed by atoms with Crippen LogP contribution in [0.4, 0.5) is 0 Å². The zero-order valence-electron chi connectivity index (χ0n) is 12.9. The molecule has 0 saturated carbocycles. The van der Waals surface area contributed by atoms with E-state index in [9.17, 15) is 4.79 Å². The van der Waals surface area contributed by atoms with Gasteiger partial charge in [0.05, 0.1) is 12.7 Å². The van der Waals surface area contributed by atoms with Crippen LogP contribution < -0.4 is 5.32 Å². The monoisotopic (exact) mass is 287 g/mol. The average molecular weight is 287 g/mol. The van der Waals surface area contributed by atoms with Crippen LogP contribution in [0.1, 0.15) is 53.6 Å². The van der Waals surface area contributed by atoms with Gasteiger partial charge < -0.3 is 10.1 Å². The summed E-state index contributed by atoms with van der Waals surface area (Å²) in [6.07, 6.45) is 8.59. The van der Waals surface area contributed by atoms with Crippen molar-refractivity contribution in [3.05, 3.63) is 34.9 Å². The van der Waals surface area contributed by atoms with Crippen molar-refractivity contribution in [1.29, 1.82) is 0 Å². The van der Waals surface area contributed by atoms with Crippen LogP contribution in [-0.2, 0) is 17.6 Å². The number of carbonyl (C=O) groups excluding carboxylic acids is 1. The van der Waals surface area contributed by atoms with Gasteiger partial charge in [-0.2, -0.15) is 0 Å². The Morgan fingerprint density at radius 1 is 1.24 bits per heavy atom. The highest BCUT2D eigenvalue weighted by Gasteiger charge is 2.29. The van der Waals surface area contributed by atoms with E-state index in [0.29, 0.717) is 12.0 Å². The largest absolute Gasteiger partial charge is 0.465 e. The maximum atomic E-state index is 12.0. The first-order chi connectivity index (χ1) is 10.3. The van der Waals surface area contributed by atoms with Gasteiger partial charge >= 0.3 is 5.97 Å². The maximum Gasteiger partial charge on any atom is 0.338 e. The Balaban J connectivity index is 1.81. The fourth-order valence-corrected chi connectivity index (χ4v) is 3.92. The number of hydrogen-bond donors (Lipinski definition) is 1. The van der Waals surface area contributed by atoms with Crippen LogP contribution in [0.3, 0.4) is 0 Å². The molecule has 21 heavy (non-hydrogen) atoms. The second-order valence-electron chi connectivity index (χ2n) is 6.35. The van der Waals surface area contributed by atoms with Gasteiger partial charge in [-0.1, -0.05) is 25.0 Å². The van der Waals surface area contributed by atoms with Crippen molar-refractivity contribution >= 4 is 5.97 Å². The minimum atomic E-state index is -0.193. The summed E-state index contributed by atoms with van der Waals surface area (Å²) in [7, 11) is 1.47. The summed E-state index contributed by atoms with van der Waals surface area (Å²) in [5, 5.41) is 3.73. The van der Waals surface area contributed by atoms with E-state index in [-0.39, 0.29) is 5.97 Å². The average Bonchev–Trinajstić information content (AvgIpc) is 2.82. The number of aryl methyl sites for hydroxylation is 1. The van der Waals surface area contributed by atoms with Crippen molar-refractivity contribution in [2.75, 3.05) is 13.7 Å². The van der Waals surface area contributed by atoms with Crippen molar-refractivity contribution in [1.82, 2.24) is 5.32 Å². The van der Waals surface area contributed by atoms with Crippen molar-refractivity contribution < 1.29 is 9.53 Å². The maximum absolute atomic E-state index is 12.0. The summed E-state index contributed by atoms with van der Waals surface area (Å²) in [5.41, 5.74) is 3.34. The number of esters is 1. The Bertz CT molecular complexity index is 504. The number of carbonyl (C=O) groups is 1. The van der Waals surface area contributed by atoms with Crippen molar-refractivity contribution in [2.24, 2.45) is 5.92 Å². The minimum absolute atomic E-state index is 0.193. The first kappa shape index (κ1) is 14.6. The van der Waals surface area contributed by atoms with Crippen LogP contribution >= 0.6 is 0 Å². The number of methoxy groups -OCH3 is 1. The summed E-state index contributed by atoms with van der Waals surface area (Å²) in [5.74, 6) is 0.461. The smallest absolute Gasteiger partial charge is 0.338 e. The fraction of sp³-hybridized carbons (Fsp3) is 0.611. The number of hydrogen-bond acceptors (Lipinski definition) is 3. The molecule has 2 atom stereocenters. The quantitative estimate of drug-likeness (QED) is 0.849. The first-order valence-electron chi connectivity index (χ1n) is 8.22. The van der Waals surface area contributed by atoms with E-state index in [0.717, 1.165) is 24.9 Å². The molecule has 1 fully saturated rings. The van der Waals surface area contributed by atoms with Gasteiger partial charge in [0.1, 0.15) is 0 Å². The standard InChI is InChI=1S/C18H25NO2/c1-21-18(20)15-7-5-6-13-9-10-14(12-16(13)15)17-8-3-2-4-11-19-17/h5-7,14,17,19H,2-4,8-12H2,1H3. The Kier molecular flexibility index (Phi) is 4.59. The molecule has 1 aromatic carbocycles. The molecule has 1 aliphatic carbocycles. The molecule has 0 bridgehead atoms. The summed E-state index contributed by atoms with van der Waals surface area (Å²) < 4.78 is 4.95. The van der Waals surface area contributed by atoms with Crippen LogP contribution in [-0.4, -0.2) is 25.7 Å². The fourth-order valence-electron chi connectivity index (χ4n) is 3.92. The minimum Gasteiger partial charge on any atom is -0.465 e. The van der Waals surface area contributed by atoms with Gasteiger partial charge in [0, 0.05) is 6.04 Å². The second kappa shape index (κ2) is 6.61. The second-order valence-corrected chi connectivity index (χ2v) is 6.35. The third kappa shape index (κ3) is 3.13. The third-order valence-electron chi connectivity index (χ3n) is 5.10. The van der Waals surface area contributed by atoms with Gasteiger partial charge in [-0.15, -0.1) is 0 Å². The van der Waals surface area contributed by atoms with E-state index >= 15 is 0 Å². The molecule has 0 amide bonds. The number of rotatable bonds is 2. The number of ether oxygens (including phenoxy) is 1. The summed E-state index contributed by atoms with van der Waals surface area (Å²) in [6, 6.07) is 6.67. The molecule has 0 spiro atoms. The van der Waals surface area contributed by atoms with Gasteiger partial charge in [0.25, 0.3) is 0 Å². The molecule has 3 heteroatoms. The zero-order chi connectivity index (χ0) is 14.7. The molecule has 0 radical (unpaired) electrons. The normalized spacial score (nSPS) is 25.8. The molecule has 2 unspecified atom stereocenters. The summed E-state index contributed by atoms with van der Waals surface area (Å²) in [6.45, 7) is 1.15. The third-order valence-corrected chi connectivity index (χ3v) is 5.10. The van der Waals surface area contributed by atoms with E-state index in [1.54, 1.807) is 0 Å². The Morgan fingerprint density at radius 3 is 3.00 bits per heavy atom. The molecule has 1 saturated heterocycles. The predicted molar refractivity (Wildman–Crippen MR) is 83.6 cm³/mol. The lowest BCUT2D eigenvalue weighted by molar-refractivity contribution is 0.0598. The summed E-state index contributed by atoms with van der Waals surface area (Å²) >= 11 is 0. The molecular weight excluding hydrogens is 262 g/mol. The van der Waals surface area contributed by atoms with Gasteiger partial charge in [0.15, 0.2) is 0 Å². The highest BCUT2D eigenvalue weighted by atomic mass is 16.5. The van der Waals surface area contributed by atoms with Crippen molar-refractivity contribution in [3.8, 4) is 0 Å². The Morgan fingerprint density at radius 2 is 2.14 bits per heavy atom. The van der Waals surface area contributed by atoms with E-state index in [4.69, 9.17) is 4.74 Å². The lowest BCUT2D eigenvalue weighted by Gasteiger charge is -2.32. The summed E-state index contributed by atoms with van der Waals surface area (Å²) in [4.78, 5) is 12.0. The van der Waals surface area contributed by atoms with Crippen LogP contribution in [0.15, 0.2) is 18.2 Å². The molecule has 3 rings (SSSR count). The highest BCUT2D eigenvalue weighted by Crippen LogP contribution is 2.32. The molecular formula is C18H25NO2. The lowest BCUT2D eigenvalue weighted by atomic mass is 9.77. The van der Waals surface area contributed by atoms with Gasteiger partial charge in [-0.25, -0.2) is 4.79 Å². The van der Waals surface area contributed by atoms with Crippen LogP contribution in [0.2, 0.25) is 0 Å². The molecule has 3 nitrogen and oxygen atoms in total. The van der Waals surface area contributed by atoms with E-state index in [1.165, 1.54) is 50.3 Å². The van der Waals surface area contributed by atoms with Crippen molar-refractivity contribution in [2.45, 2.75) is 51.0 Å². The van der Waals surface area contributed by atoms with Gasteiger partial charge in [-0.05, 0) is 61.8 Å². The number of benzene rings is 1. The van der Waals surface area contributed by atoms with E-state index in [2.05, 4.69) is 11.4 Å². The molecule has 1 aromatic rings. The van der Waals surface area contributed by atoms with Crippen LogP contribution in [0, 0.1) is 5.92 Å². The van der Waals surface area contributed by atoms with Crippen LogP contribution in [0.5, 0.6) is 0 Å². The van der Waals surface area contributed by atoms with Crippen molar-refractivity contribution in [3.63, 3.8) is 0 Å². The molecule has 1 N–H and O–H groups in total. The topological polar surface area (TPSA) is 38.3 Å². The Hall–Kier alpha value is -1.35. The molecule has 114 valence electrons. The Labute approximate surface area is 127 Å². The highest BCUT2D eigenvalue weighted by molar-refractivity contribution is 5.91. The number of fused-ring (bicyclic) bond motifs is 1. The molecule has 0 aromatic heterocycles. The van der Waals surface area contributed by atoms with E-state index in [1.807, 2.05) is 12.1 Å². The zero-order valence-corrected chi connectivity index (χ0v) is 12.9. The lowest BCUT2D eigenvalue weighted by Crippen LogP contribution is -2.38. The number of nitrogens with one attached hydrogen (secondary N) is 1. The van der Waals surface area contributed by atoms with Gasteiger partial charge in [-0.3, -0.25) is 0 Å².